The summed E-state index contributed by atoms with van der Waals surface area (Å²) in [5, 5.41) is 3.00. The van der Waals surface area contributed by atoms with Crippen LogP contribution >= 0.6 is 28.3 Å². The van der Waals surface area contributed by atoms with Crippen LogP contribution in [-0.2, 0) is 4.79 Å². The van der Waals surface area contributed by atoms with Crippen LogP contribution in [0.15, 0.2) is 59.1 Å². The Kier molecular flexibility index (Phi) is 9.88. The summed E-state index contributed by atoms with van der Waals surface area (Å²) in [6, 6.07) is 16.3. The number of piperazine rings is 1. The van der Waals surface area contributed by atoms with Gasteiger partial charge in [0.25, 0.3) is 0 Å². The Morgan fingerprint density at radius 2 is 1.76 bits per heavy atom. The third-order valence-corrected chi connectivity index (χ3v) is 5.92. The minimum Gasteiger partial charge on any atom is -0.326 e. The minimum absolute atomic E-state index is 0. The third kappa shape index (κ3) is 7.94. The van der Waals surface area contributed by atoms with Gasteiger partial charge in [0.1, 0.15) is 0 Å². The molecular formula is C23H29BrClN3O. The van der Waals surface area contributed by atoms with Crippen LogP contribution in [0.2, 0.25) is 0 Å². The maximum Gasteiger partial charge on any atom is 0.225 e. The number of halogens is 2. The summed E-state index contributed by atoms with van der Waals surface area (Å²) < 4.78 is 1.06. The summed E-state index contributed by atoms with van der Waals surface area (Å²) in [5.74, 6) is 0.0787. The van der Waals surface area contributed by atoms with E-state index in [4.69, 9.17) is 0 Å². The molecule has 1 saturated heterocycles. The highest BCUT2D eigenvalue weighted by atomic mass is 79.9. The van der Waals surface area contributed by atoms with Gasteiger partial charge in [-0.1, -0.05) is 58.4 Å². The van der Waals surface area contributed by atoms with E-state index in [-0.39, 0.29) is 18.3 Å². The fraction of sp³-hybridized carbons (Fsp3) is 0.348. The molecular weight excluding hydrogens is 450 g/mol. The Morgan fingerprint density at radius 1 is 1.07 bits per heavy atom. The number of carbonyl (C=O) groups excluding carboxylic acids is 1. The van der Waals surface area contributed by atoms with E-state index in [0.29, 0.717) is 6.42 Å². The molecule has 6 heteroatoms. The molecule has 1 N–H and O–H groups in total. The lowest BCUT2D eigenvalue weighted by molar-refractivity contribution is -0.116. The van der Waals surface area contributed by atoms with Crippen LogP contribution in [0.25, 0.3) is 6.08 Å². The van der Waals surface area contributed by atoms with Crippen LogP contribution in [-0.4, -0.2) is 55.0 Å². The number of hydrogen-bond donors (Lipinski definition) is 1. The molecule has 4 nitrogen and oxygen atoms in total. The average Bonchev–Trinajstić information content (AvgIpc) is 2.71. The van der Waals surface area contributed by atoms with E-state index >= 15 is 0 Å². The maximum absolute atomic E-state index is 12.2. The zero-order chi connectivity index (χ0) is 19.8. The number of benzene rings is 2. The predicted octanol–water partition coefficient (Wildman–Crippen LogP) is 4.84. The molecule has 1 aliphatic rings. The fourth-order valence-corrected chi connectivity index (χ4v) is 3.55. The Morgan fingerprint density at radius 3 is 2.45 bits per heavy atom. The van der Waals surface area contributed by atoms with Gasteiger partial charge in [-0.25, -0.2) is 0 Å². The van der Waals surface area contributed by atoms with Crippen LogP contribution in [0.4, 0.5) is 5.69 Å². The van der Waals surface area contributed by atoms with Gasteiger partial charge in [0, 0.05) is 55.8 Å². The molecule has 29 heavy (non-hydrogen) atoms. The van der Waals surface area contributed by atoms with Gasteiger partial charge in [0.05, 0.1) is 0 Å². The van der Waals surface area contributed by atoms with Crippen molar-refractivity contribution in [1.29, 1.82) is 0 Å². The highest BCUT2D eigenvalue weighted by Crippen LogP contribution is 2.20. The van der Waals surface area contributed by atoms with Crippen LogP contribution in [0.3, 0.4) is 0 Å². The van der Waals surface area contributed by atoms with Crippen LogP contribution in [0.5, 0.6) is 0 Å². The Bertz CT molecular complexity index is 805. The van der Waals surface area contributed by atoms with Gasteiger partial charge in [-0.2, -0.15) is 0 Å². The first kappa shape index (κ1) is 23.6. The van der Waals surface area contributed by atoms with Crippen molar-refractivity contribution in [3.63, 3.8) is 0 Å². The van der Waals surface area contributed by atoms with Gasteiger partial charge in [0.15, 0.2) is 0 Å². The van der Waals surface area contributed by atoms with Crippen molar-refractivity contribution < 1.29 is 4.79 Å². The standard InChI is InChI=1S/C23H28BrN3O.ClH/c1-19-18-21(9-10-22(19)24)25-23(28)11-13-27-16-14-26(15-17-27)12-5-8-20-6-3-2-4-7-20;/h2-10,18H,11-17H2,1H3,(H,25,28);1H. The van der Waals surface area contributed by atoms with Gasteiger partial charge in [-0.3, -0.25) is 9.69 Å². The topological polar surface area (TPSA) is 35.6 Å². The smallest absolute Gasteiger partial charge is 0.225 e. The van der Waals surface area contributed by atoms with Crippen molar-refractivity contribution in [2.75, 3.05) is 44.6 Å². The highest BCUT2D eigenvalue weighted by Gasteiger charge is 2.16. The first-order chi connectivity index (χ1) is 13.6. The molecule has 0 radical (unpaired) electrons. The number of hydrogen-bond acceptors (Lipinski definition) is 3. The zero-order valence-corrected chi connectivity index (χ0v) is 19.2. The third-order valence-electron chi connectivity index (χ3n) is 5.04. The van der Waals surface area contributed by atoms with E-state index in [9.17, 15) is 4.79 Å². The van der Waals surface area contributed by atoms with E-state index in [1.807, 2.05) is 31.2 Å². The number of nitrogens with one attached hydrogen (secondary N) is 1. The molecule has 0 aromatic heterocycles. The summed E-state index contributed by atoms with van der Waals surface area (Å²) >= 11 is 3.48. The second kappa shape index (κ2) is 12.1. The van der Waals surface area contributed by atoms with Gasteiger partial charge < -0.3 is 10.2 Å². The Labute approximate surface area is 188 Å². The first-order valence-corrected chi connectivity index (χ1v) is 10.6. The molecule has 1 heterocycles. The Balaban J connectivity index is 0.00000300. The van der Waals surface area contributed by atoms with Crippen LogP contribution in [0.1, 0.15) is 17.5 Å². The van der Waals surface area contributed by atoms with Crippen molar-refractivity contribution in [1.82, 2.24) is 9.80 Å². The van der Waals surface area contributed by atoms with Crippen molar-refractivity contribution in [2.45, 2.75) is 13.3 Å². The second-order valence-corrected chi connectivity index (χ2v) is 8.07. The summed E-state index contributed by atoms with van der Waals surface area (Å²) in [4.78, 5) is 17.1. The van der Waals surface area contributed by atoms with Crippen molar-refractivity contribution >= 4 is 46.0 Å². The van der Waals surface area contributed by atoms with Gasteiger partial charge >= 0.3 is 0 Å². The SMILES string of the molecule is Cc1cc(NC(=O)CCN2CCN(CC=Cc3ccccc3)CC2)ccc1Br.Cl. The molecule has 0 saturated carbocycles. The quantitative estimate of drug-likeness (QED) is 0.618. The van der Waals surface area contributed by atoms with Gasteiger partial charge in [-0.05, 0) is 36.2 Å². The normalized spacial score (nSPS) is 15.2. The maximum atomic E-state index is 12.2. The number of aryl methyl sites for hydroxylation is 1. The number of rotatable bonds is 7. The average molecular weight is 479 g/mol. The van der Waals surface area contributed by atoms with E-state index in [0.717, 1.165) is 55.0 Å². The van der Waals surface area contributed by atoms with E-state index in [1.165, 1.54) is 5.56 Å². The second-order valence-electron chi connectivity index (χ2n) is 7.22. The molecule has 0 bridgehead atoms. The molecule has 1 fully saturated rings. The lowest BCUT2D eigenvalue weighted by Gasteiger charge is -2.34. The zero-order valence-electron chi connectivity index (χ0n) is 16.8. The number of nitrogens with zero attached hydrogens (tertiary/aromatic N) is 2. The molecule has 0 spiro atoms. The molecule has 2 aromatic rings. The number of anilines is 1. The van der Waals surface area contributed by atoms with Crippen LogP contribution in [0, 0.1) is 6.92 Å². The summed E-state index contributed by atoms with van der Waals surface area (Å²) in [5.41, 5.74) is 3.23. The monoisotopic (exact) mass is 477 g/mol. The fourth-order valence-electron chi connectivity index (χ4n) is 3.30. The molecule has 156 valence electrons. The first-order valence-electron chi connectivity index (χ1n) is 9.82. The van der Waals surface area contributed by atoms with E-state index in [2.05, 4.69) is 67.5 Å². The van der Waals surface area contributed by atoms with Gasteiger partial charge in [-0.15, -0.1) is 12.4 Å². The largest absolute Gasteiger partial charge is 0.326 e. The van der Waals surface area contributed by atoms with Crippen molar-refractivity contribution in [3.8, 4) is 0 Å². The van der Waals surface area contributed by atoms with Gasteiger partial charge in [0.2, 0.25) is 5.91 Å². The van der Waals surface area contributed by atoms with E-state index in [1.54, 1.807) is 0 Å². The lowest BCUT2D eigenvalue weighted by Crippen LogP contribution is -2.46. The molecule has 1 aliphatic heterocycles. The lowest BCUT2D eigenvalue weighted by atomic mass is 10.2. The molecule has 0 atom stereocenters. The number of carbonyl (C=O) groups is 1. The van der Waals surface area contributed by atoms with Crippen molar-refractivity contribution in [3.05, 3.63) is 70.2 Å². The molecule has 0 aliphatic carbocycles. The summed E-state index contributed by atoms with van der Waals surface area (Å²) in [6.45, 7) is 7.95. The summed E-state index contributed by atoms with van der Waals surface area (Å²) in [7, 11) is 0. The molecule has 3 rings (SSSR count). The summed E-state index contributed by atoms with van der Waals surface area (Å²) in [6.07, 6.45) is 4.95. The molecule has 2 aromatic carbocycles. The predicted molar refractivity (Wildman–Crippen MR) is 128 cm³/mol. The van der Waals surface area contributed by atoms with E-state index < -0.39 is 0 Å². The van der Waals surface area contributed by atoms with Crippen molar-refractivity contribution in [2.24, 2.45) is 0 Å². The minimum atomic E-state index is 0. The molecule has 0 unspecified atom stereocenters. The highest BCUT2D eigenvalue weighted by molar-refractivity contribution is 9.10. The Hall–Kier alpha value is -1.66. The van der Waals surface area contributed by atoms with Crippen LogP contribution < -0.4 is 5.32 Å². The molecule has 1 amide bonds. The number of amides is 1.